The summed E-state index contributed by atoms with van der Waals surface area (Å²) >= 11 is 0. The van der Waals surface area contributed by atoms with E-state index in [1.54, 1.807) is 0 Å². The molecule has 1 aliphatic heterocycles. The summed E-state index contributed by atoms with van der Waals surface area (Å²) in [6.45, 7) is 7.96. The van der Waals surface area contributed by atoms with Crippen LogP contribution in [0.5, 0.6) is 0 Å². The number of amides is 1. The standard InChI is InChI=1S/C20H26N2O2/c1-4-16-7-9-17(10-8-16)20-21-18(15(3)24-20)12-19(23)22-11-5-6-14(2)13-22/h7-10,14H,4-6,11-13H2,1-3H3. The second-order valence-electron chi connectivity index (χ2n) is 6.84. The summed E-state index contributed by atoms with van der Waals surface area (Å²) in [5.74, 6) is 2.09. The Labute approximate surface area is 143 Å². The van der Waals surface area contributed by atoms with E-state index in [-0.39, 0.29) is 5.91 Å². The van der Waals surface area contributed by atoms with Crippen LogP contribution in [0.15, 0.2) is 28.7 Å². The van der Waals surface area contributed by atoms with E-state index in [9.17, 15) is 4.79 Å². The Hall–Kier alpha value is -2.10. The maximum atomic E-state index is 12.5. The number of carbonyl (C=O) groups is 1. The molecule has 1 fully saturated rings. The van der Waals surface area contributed by atoms with Gasteiger partial charge in [-0.2, -0.15) is 0 Å². The van der Waals surface area contributed by atoms with Gasteiger partial charge in [0.2, 0.25) is 11.8 Å². The van der Waals surface area contributed by atoms with Gasteiger partial charge in [0.15, 0.2) is 0 Å². The molecule has 3 rings (SSSR count). The molecule has 1 aromatic carbocycles. The number of aromatic nitrogens is 1. The van der Waals surface area contributed by atoms with E-state index < -0.39 is 0 Å². The smallest absolute Gasteiger partial charge is 0.228 e. The minimum absolute atomic E-state index is 0.158. The minimum atomic E-state index is 0.158. The summed E-state index contributed by atoms with van der Waals surface area (Å²) in [7, 11) is 0. The topological polar surface area (TPSA) is 46.3 Å². The molecule has 1 aromatic heterocycles. The second kappa shape index (κ2) is 7.20. The molecule has 2 heterocycles. The quantitative estimate of drug-likeness (QED) is 0.852. The molecule has 0 aliphatic carbocycles. The highest BCUT2D eigenvalue weighted by Gasteiger charge is 2.23. The molecule has 0 radical (unpaired) electrons. The molecule has 0 bridgehead atoms. The van der Waals surface area contributed by atoms with Crippen molar-refractivity contribution in [1.82, 2.24) is 9.88 Å². The van der Waals surface area contributed by atoms with Gasteiger partial charge in [0.1, 0.15) is 5.76 Å². The molecule has 1 saturated heterocycles. The maximum absolute atomic E-state index is 12.5. The third kappa shape index (κ3) is 3.69. The monoisotopic (exact) mass is 326 g/mol. The predicted molar refractivity (Wildman–Crippen MR) is 94.7 cm³/mol. The summed E-state index contributed by atoms with van der Waals surface area (Å²) in [6, 6.07) is 8.24. The highest BCUT2D eigenvalue weighted by Crippen LogP contribution is 2.23. The normalized spacial score (nSPS) is 18.0. The lowest BCUT2D eigenvalue weighted by Gasteiger charge is -2.30. The molecule has 4 heteroatoms. The predicted octanol–water partition coefficient (Wildman–Crippen LogP) is 4.01. The molecule has 1 amide bonds. The minimum Gasteiger partial charge on any atom is -0.441 e. The van der Waals surface area contributed by atoms with Crippen LogP contribution in [0.4, 0.5) is 0 Å². The van der Waals surface area contributed by atoms with E-state index in [0.29, 0.717) is 18.2 Å². The van der Waals surface area contributed by atoms with Crippen molar-refractivity contribution < 1.29 is 9.21 Å². The largest absolute Gasteiger partial charge is 0.441 e. The molecule has 2 aromatic rings. The molecule has 4 nitrogen and oxygen atoms in total. The van der Waals surface area contributed by atoms with Crippen molar-refractivity contribution in [1.29, 1.82) is 0 Å². The fraction of sp³-hybridized carbons (Fsp3) is 0.500. The van der Waals surface area contributed by atoms with Gasteiger partial charge in [0.25, 0.3) is 0 Å². The first-order chi connectivity index (χ1) is 11.6. The van der Waals surface area contributed by atoms with E-state index in [0.717, 1.165) is 42.9 Å². The van der Waals surface area contributed by atoms with E-state index in [1.807, 2.05) is 24.0 Å². The highest BCUT2D eigenvalue weighted by atomic mass is 16.4. The zero-order valence-corrected chi connectivity index (χ0v) is 14.8. The third-order valence-electron chi connectivity index (χ3n) is 4.83. The van der Waals surface area contributed by atoms with Gasteiger partial charge in [-0.15, -0.1) is 0 Å². The molecule has 128 valence electrons. The molecule has 0 spiro atoms. The van der Waals surface area contributed by atoms with Crippen molar-refractivity contribution in [2.75, 3.05) is 13.1 Å². The van der Waals surface area contributed by atoms with Gasteiger partial charge in [0.05, 0.1) is 12.1 Å². The molecule has 0 N–H and O–H groups in total. The van der Waals surface area contributed by atoms with Crippen molar-refractivity contribution in [3.63, 3.8) is 0 Å². The number of likely N-dealkylation sites (tertiary alicyclic amines) is 1. The van der Waals surface area contributed by atoms with Gasteiger partial charge in [0, 0.05) is 18.7 Å². The number of carbonyl (C=O) groups excluding carboxylic acids is 1. The molecular weight excluding hydrogens is 300 g/mol. The average molecular weight is 326 g/mol. The Morgan fingerprint density at radius 2 is 2.08 bits per heavy atom. The van der Waals surface area contributed by atoms with Gasteiger partial charge in [-0.25, -0.2) is 4.98 Å². The lowest BCUT2D eigenvalue weighted by molar-refractivity contribution is -0.132. The second-order valence-corrected chi connectivity index (χ2v) is 6.84. The Balaban J connectivity index is 1.72. The number of hydrogen-bond acceptors (Lipinski definition) is 3. The van der Waals surface area contributed by atoms with E-state index in [4.69, 9.17) is 4.42 Å². The Morgan fingerprint density at radius 3 is 2.75 bits per heavy atom. The average Bonchev–Trinajstić information content (AvgIpc) is 2.95. The first-order valence-corrected chi connectivity index (χ1v) is 8.90. The number of nitrogens with zero attached hydrogens (tertiary/aromatic N) is 2. The Bertz CT molecular complexity index is 703. The lowest BCUT2D eigenvalue weighted by Crippen LogP contribution is -2.40. The zero-order chi connectivity index (χ0) is 17.1. The van der Waals surface area contributed by atoms with Crippen molar-refractivity contribution in [3.8, 4) is 11.5 Å². The van der Waals surface area contributed by atoms with Crippen LogP contribution < -0.4 is 0 Å². The first-order valence-electron chi connectivity index (χ1n) is 8.90. The molecule has 1 atom stereocenters. The Morgan fingerprint density at radius 1 is 1.33 bits per heavy atom. The van der Waals surface area contributed by atoms with Crippen LogP contribution in [-0.4, -0.2) is 28.9 Å². The van der Waals surface area contributed by atoms with Crippen molar-refractivity contribution in [2.24, 2.45) is 5.92 Å². The van der Waals surface area contributed by atoms with Crippen LogP contribution in [-0.2, 0) is 17.6 Å². The van der Waals surface area contributed by atoms with Crippen LogP contribution >= 0.6 is 0 Å². The van der Waals surface area contributed by atoms with Gasteiger partial charge < -0.3 is 9.32 Å². The van der Waals surface area contributed by atoms with E-state index >= 15 is 0 Å². The van der Waals surface area contributed by atoms with E-state index in [1.165, 1.54) is 12.0 Å². The Kier molecular flexibility index (Phi) is 5.03. The van der Waals surface area contributed by atoms with E-state index in [2.05, 4.69) is 31.0 Å². The molecule has 0 saturated carbocycles. The van der Waals surface area contributed by atoms with Gasteiger partial charge in [-0.05, 0) is 49.8 Å². The molecule has 1 unspecified atom stereocenters. The van der Waals surface area contributed by atoms with Crippen molar-refractivity contribution >= 4 is 5.91 Å². The summed E-state index contributed by atoms with van der Waals surface area (Å²) in [5.41, 5.74) is 3.00. The summed E-state index contributed by atoms with van der Waals surface area (Å²) < 4.78 is 5.80. The number of piperidine rings is 1. The first kappa shape index (κ1) is 16.7. The molecular formula is C20H26N2O2. The van der Waals surface area contributed by atoms with Gasteiger partial charge >= 0.3 is 0 Å². The fourth-order valence-electron chi connectivity index (χ4n) is 3.27. The van der Waals surface area contributed by atoms with Gasteiger partial charge in [-0.1, -0.05) is 26.0 Å². The number of oxazole rings is 1. The third-order valence-corrected chi connectivity index (χ3v) is 4.83. The number of hydrogen-bond donors (Lipinski definition) is 0. The van der Waals surface area contributed by atoms with Crippen LogP contribution in [0, 0.1) is 12.8 Å². The van der Waals surface area contributed by atoms with Crippen molar-refractivity contribution in [2.45, 2.75) is 46.5 Å². The lowest BCUT2D eigenvalue weighted by atomic mass is 10.00. The zero-order valence-electron chi connectivity index (χ0n) is 14.8. The maximum Gasteiger partial charge on any atom is 0.228 e. The highest BCUT2D eigenvalue weighted by molar-refractivity contribution is 5.78. The number of aryl methyl sites for hydroxylation is 2. The van der Waals surface area contributed by atoms with Crippen molar-refractivity contribution in [3.05, 3.63) is 41.3 Å². The van der Waals surface area contributed by atoms with Crippen LogP contribution in [0.1, 0.15) is 43.7 Å². The summed E-state index contributed by atoms with van der Waals surface area (Å²) in [4.78, 5) is 19.1. The van der Waals surface area contributed by atoms with Gasteiger partial charge in [-0.3, -0.25) is 4.79 Å². The SMILES string of the molecule is CCc1ccc(-c2nc(CC(=O)N3CCCC(C)C3)c(C)o2)cc1. The molecule has 1 aliphatic rings. The summed E-state index contributed by atoms with van der Waals surface area (Å²) in [5, 5.41) is 0. The number of rotatable bonds is 4. The van der Waals surface area contributed by atoms with Crippen LogP contribution in [0.3, 0.4) is 0 Å². The summed E-state index contributed by atoms with van der Waals surface area (Å²) in [6.07, 6.45) is 3.65. The number of benzene rings is 1. The van der Waals surface area contributed by atoms with Crippen LogP contribution in [0.2, 0.25) is 0 Å². The fourth-order valence-corrected chi connectivity index (χ4v) is 3.27. The van der Waals surface area contributed by atoms with Crippen LogP contribution in [0.25, 0.3) is 11.5 Å². The molecule has 24 heavy (non-hydrogen) atoms.